The number of hydrogen-bond donors (Lipinski definition) is 4. The highest BCUT2D eigenvalue weighted by molar-refractivity contribution is 7.99. The van der Waals surface area contributed by atoms with Crippen LogP contribution >= 0.6 is 11.8 Å². The third-order valence-corrected chi connectivity index (χ3v) is 3.30. The van der Waals surface area contributed by atoms with Gasteiger partial charge in [-0.15, -0.1) is 0 Å². The number of carboxylic acids is 1. The van der Waals surface area contributed by atoms with E-state index in [4.69, 9.17) is 16.2 Å². The Morgan fingerprint density at radius 2 is 2.40 bits per heavy atom. The van der Waals surface area contributed by atoms with Gasteiger partial charge >= 0.3 is 5.97 Å². The predicted molar refractivity (Wildman–Crippen MR) is 63.8 cm³/mol. The zero-order valence-electron chi connectivity index (χ0n) is 8.95. The topological polar surface area (TPSA) is 99.2 Å². The first-order valence-electron chi connectivity index (χ1n) is 4.86. The minimum absolute atomic E-state index is 0.422. The second-order valence-corrected chi connectivity index (χ2v) is 4.38. The Kier molecular flexibility index (Phi) is 7.37. The Morgan fingerprint density at radius 3 is 2.87 bits per heavy atom. The first kappa shape index (κ1) is 14.4. The summed E-state index contributed by atoms with van der Waals surface area (Å²) >= 11 is 1.52. The SMILES string of the molecule is CC[C@](N)(CSCCNCC=N)C(=O)O. The maximum atomic E-state index is 10.8. The van der Waals surface area contributed by atoms with Crippen molar-refractivity contribution >= 4 is 23.9 Å². The van der Waals surface area contributed by atoms with Crippen molar-refractivity contribution in [3.63, 3.8) is 0 Å². The summed E-state index contributed by atoms with van der Waals surface area (Å²) in [4.78, 5) is 10.8. The number of thioether (sulfide) groups is 1. The summed E-state index contributed by atoms with van der Waals surface area (Å²) in [7, 11) is 0. The van der Waals surface area contributed by atoms with Crippen molar-refractivity contribution in [1.29, 1.82) is 5.41 Å². The maximum Gasteiger partial charge on any atom is 0.324 e. The number of carboxylic acid groups (broad SMARTS) is 1. The van der Waals surface area contributed by atoms with E-state index in [1.165, 1.54) is 18.0 Å². The highest BCUT2D eigenvalue weighted by Crippen LogP contribution is 2.14. The van der Waals surface area contributed by atoms with Crippen molar-refractivity contribution in [2.45, 2.75) is 18.9 Å². The Morgan fingerprint density at radius 1 is 1.73 bits per heavy atom. The Balaban J connectivity index is 3.64. The van der Waals surface area contributed by atoms with Gasteiger partial charge in [0.15, 0.2) is 0 Å². The van der Waals surface area contributed by atoms with Crippen LogP contribution < -0.4 is 11.1 Å². The van der Waals surface area contributed by atoms with Gasteiger partial charge in [0.2, 0.25) is 0 Å². The van der Waals surface area contributed by atoms with Crippen molar-refractivity contribution < 1.29 is 9.90 Å². The van der Waals surface area contributed by atoms with E-state index in [2.05, 4.69) is 5.32 Å². The molecule has 0 radical (unpaired) electrons. The molecule has 5 nitrogen and oxygen atoms in total. The van der Waals surface area contributed by atoms with E-state index in [0.29, 0.717) is 18.7 Å². The zero-order valence-corrected chi connectivity index (χ0v) is 9.77. The summed E-state index contributed by atoms with van der Waals surface area (Å²) in [5, 5.41) is 18.7. The van der Waals surface area contributed by atoms with Crippen molar-refractivity contribution in [2.24, 2.45) is 5.73 Å². The third-order valence-electron chi connectivity index (χ3n) is 2.09. The normalized spacial score (nSPS) is 14.5. The molecule has 0 saturated carbocycles. The van der Waals surface area contributed by atoms with E-state index in [1.807, 2.05) is 0 Å². The molecule has 0 spiro atoms. The number of hydrogen-bond acceptors (Lipinski definition) is 5. The van der Waals surface area contributed by atoms with Gasteiger partial charge in [0, 0.05) is 30.8 Å². The van der Waals surface area contributed by atoms with Crippen LogP contribution in [0.3, 0.4) is 0 Å². The van der Waals surface area contributed by atoms with Gasteiger partial charge in [-0.25, -0.2) is 0 Å². The largest absolute Gasteiger partial charge is 0.480 e. The fourth-order valence-corrected chi connectivity index (χ4v) is 2.01. The lowest BCUT2D eigenvalue weighted by Crippen LogP contribution is -2.49. The Labute approximate surface area is 94.3 Å². The van der Waals surface area contributed by atoms with Crippen LogP contribution in [-0.4, -0.2) is 47.4 Å². The standard InChI is InChI=1S/C9H19N3O2S/c1-2-9(11,8(13)14)7-15-6-5-12-4-3-10/h3,10,12H,2,4-7,11H2,1H3,(H,13,14)/t9-/m0/s1. The predicted octanol–water partition coefficient (Wildman–Crippen LogP) is 0.151. The second-order valence-electron chi connectivity index (χ2n) is 3.28. The minimum Gasteiger partial charge on any atom is -0.480 e. The maximum absolute atomic E-state index is 10.8. The molecule has 0 bridgehead atoms. The molecule has 0 unspecified atom stereocenters. The summed E-state index contributed by atoms with van der Waals surface area (Å²) in [5.74, 6) is 0.287. The first-order chi connectivity index (χ1) is 7.06. The van der Waals surface area contributed by atoms with Gasteiger partial charge in [-0.3, -0.25) is 4.79 Å². The van der Waals surface area contributed by atoms with E-state index in [0.717, 1.165) is 12.3 Å². The van der Waals surface area contributed by atoms with Crippen LogP contribution in [0.25, 0.3) is 0 Å². The van der Waals surface area contributed by atoms with E-state index >= 15 is 0 Å². The second kappa shape index (κ2) is 7.67. The molecule has 88 valence electrons. The average Bonchev–Trinajstić information content (AvgIpc) is 2.22. The van der Waals surface area contributed by atoms with Crippen molar-refractivity contribution in [1.82, 2.24) is 5.32 Å². The smallest absolute Gasteiger partial charge is 0.324 e. The molecule has 6 heteroatoms. The fourth-order valence-electron chi connectivity index (χ4n) is 0.888. The number of aliphatic carboxylic acids is 1. The molecule has 0 aliphatic rings. The molecule has 5 N–H and O–H groups in total. The molecule has 0 heterocycles. The molecule has 0 saturated heterocycles. The van der Waals surface area contributed by atoms with Gasteiger partial charge in [-0.05, 0) is 6.42 Å². The van der Waals surface area contributed by atoms with Crippen LogP contribution in [0.1, 0.15) is 13.3 Å². The van der Waals surface area contributed by atoms with Gasteiger partial charge in [0.1, 0.15) is 5.54 Å². The summed E-state index contributed by atoms with van der Waals surface area (Å²) < 4.78 is 0. The molecule has 0 amide bonds. The highest BCUT2D eigenvalue weighted by Gasteiger charge is 2.31. The number of nitrogens with two attached hydrogens (primary N) is 1. The summed E-state index contributed by atoms with van der Waals surface area (Å²) in [6.45, 7) is 3.10. The fraction of sp³-hybridized carbons (Fsp3) is 0.778. The summed E-state index contributed by atoms with van der Waals surface area (Å²) in [6.07, 6.45) is 1.73. The van der Waals surface area contributed by atoms with Crippen molar-refractivity contribution in [3.05, 3.63) is 0 Å². The van der Waals surface area contributed by atoms with Gasteiger partial charge in [0.25, 0.3) is 0 Å². The first-order valence-corrected chi connectivity index (χ1v) is 6.02. The minimum atomic E-state index is -1.10. The zero-order chi connectivity index (χ0) is 11.7. The van der Waals surface area contributed by atoms with Crippen LogP contribution in [0.4, 0.5) is 0 Å². The van der Waals surface area contributed by atoms with Gasteiger partial charge in [-0.1, -0.05) is 6.92 Å². The van der Waals surface area contributed by atoms with E-state index in [-0.39, 0.29) is 0 Å². The van der Waals surface area contributed by atoms with Gasteiger partial charge in [-0.2, -0.15) is 11.8 Å². The van der Waals surface area contributed by atoms with Gasteiger partial charge in [0.05, 0.1) is 0 Å². The monoisotopic (exact) mass is 233 g/mol. The van der Waals surface area contributed by atoms with Crippen LogP contribution in [0, 0.1) is 5.41 Å². The molecule has 0 aliphatic carbocycles. The molecule has 0 aromatic carbocycles. The van der Waals surface area contributed by atoms with Crippen molar-refractivity contribution in [2.75, 3.05) is 24.6 Å². The molecule has 1 atom stereocenters. The molecule has 0 aromatic heterocycles. The Hall–Kier alpha value is -0.590. The molecule has 15 heavy (non-hydrogen) atoms. The van der Waals surface area contributed by atoms with Crippen molar-refractivity contribution in [3.8, 4) is 0 Å². The molecular formula is C9H19N3O2S. The number of carbonyl (C=O) groups is 1. The molecule has 0 aromatic rings. The summed E-state index contributed by atoms with van der Waals surface area (Å²) in [5.41, 5.74) is 4.60. The van der Waals surface area contributed by atoms with E-state index < -0.39 is 11.5 Å². The van der Waals surface area contributed by atoms with Crippen LogP contribution in [0.2, 0.25) is 0 Å². The quantitative estimate of drug-likeness (QED) is 0.335. The molecular weight excluding hydrogens is 214 g/mol. The molecule has 0 rings (SSSR count). The number of nitrogens with one attached hydrogen (secondary N) is 2. The lowest BCUT2D eigenvalue weighted by atomic mass is 10.0. The summed E-state index contributed by atoms with van der Waals surface area (Å²) in [6, 6.07) is 0. The van der Waals surface area contributed by atoms with Crippen LogP contribution in [0.5, 0.6) is 0 Å². The highest BCUT2D eigenvalue weighted by atomic mass is 32.2. The van der Waals surface area contributed by atoms with E-state index in [9.17, 15) is 4.79 Å². The third kappa shape index (κ3) is 5.76. The average molecular weight is 233 g/mol. The van der Waals surface area contributed by atoms with E-state index in [1.54, 1.807) is 6.92 Å². The van der Waals surface area contributed by atoms with Crippen LogP contribution in [-0.2, 0) is 4.79 Å². The lowest BCUT2D eigenvalue weighted by Gasteiger charge is -2.22. The molecule has 0 aliphatic heterocycles. The number of rotatable bonds is 9. The Bertz CT molecular complexity index is 214. The van der Waals surface area contributed by atoms with Crippen LogP contribution in [0.15, 0.2) is 0 Å². The lowest BCUT2D eigenvalue weighted by molar-refractivity contribution is -0.142. The van der Waals surface area contributed by atoms with Gasteiger partial charge < -0.3 is 21.6 Å². The molecule has 0 fully saturated rings.